The van der Waals surface area contributed by atoms with E-state index in [1.807, 2.05) is 25.1 Å². The average Bonchev–Trinajstić information content (AvgIpc) is 2.17. The average molecular weight is 189 g/mol. The first-order valence-corrected chi connectivity index (χ1v) is 4.39. The lowest BCUT2D eigenvalue weighted by atomic mass is 10.1. The lowest BCUT2D eigenvalue weighted by Crippen LogP contribution is -2.23. The molecule has 0 unspecified atom stereocenters. The van der Waals surface area contributed by atoms with Gasteiger partial charge in [-0.25, -0.2) is 0 Å². The molecule has 0 aliphatic heterocycles. The molecule has 1 aromatic heterocycles. The fraction of sp³-hybridized carbons (Fsp3) is 0.182. The van der Waals surface area contributed by atoms with E-state index in [0.29, 0.717) is 0 Å². The Kier molecular flexibility index (Phi) is 2.00. The molecule has 0 atom stereocenters. The molecule has 0 radical (unpaired) electrons. The van der Waals surface area contributed by atoms with Crippen LogP contribution in [0.2, 0.25) is 0 Å². The van der Waals surface area contributed by atoms with Crippen molar-refractivity contribution in [1.82, 2.24) is 4.73 Å². The molecule has 0 aliphatic carbocycles. The van der Waals surface area contributed by atoms with Gasteiger partial charge < -0.3 is 4.84 Å². The fourth-order valence-corrected chi connectivity index (χ4v) is 1.51. The van der Waals surface area contributed by atoms with Crippen LogP contribution in [0.15, 0.2) is 35.1 Å². The monoisotopic (exact) mass is 189 g/mol. The molecular formula is C11H11NO2. The third kappa shape index (κ3) is 1.27. The molecule has 0 aliphatic rings. The number of pyridine rings is 1. The van der Waals surface area contributed by atoms with E-state index in [1.54, 1.807) is 6.07 Å². The predicted molar refractivity (Wildman–Crippen MR) is 55.4 cm³/mol. The van der Waals surface area contributed by atoms with Crippen molar-refractivity contribution in [1.29, 1.82) is 0 Å². The normalized spacial score (nSPS) is 10.4. The van der Waals surface area contributed by atoms with Crippen LogP contribution in [0.3, 0.4) is 0 Å². The number of aryl methyl sites for hydroxylation is 1. The highest BCUT2D eigenvalue weighted by molar-refractivity contribution is 5.79. The zero-order valence-electron chi connectivity index (χ0n) is 8.15. The first kappa shape index (κ1) is 8.81. The van der Waals surface area contributed by atoms with E-state index in [0.717, 1.165) is 16.5 Å². The summed E-state index contributed by atoms with van der Waals surface area (Å²) in [4.78, 5) is 16.4. The topological polar surface area (TPSA) is 31.2 Å². The van der Waals surface area contributed by atoms with Crippen molar-refractivity contribution >= 4 is 10.9 Å². The number of hydrogen-bond donors (Lipinski definition) is 0. The molecule has 0 saturated carbocycles. The van der Waals surface area contributed by atoms with Gasteiger partial charge >= 0.3 is 0 Å². The van der Waals surface area contributed by atoms with Crippen LogP contribution in [-0.2, 0) is 0 Å². The molecule has 0 spiro atoms. The maximum Gasteiger partial charge on any atom is 0.283 e. The molecule has 72 valence electrons. The summed E-state index contributed by atoms with van der Waals surface area (Å²) in [5.41, 5.74) is 1.76. The molecular weight excluding hydrogens is 178 g/mol. The van der Waals surface area contributed by atoms with Gasteiger partial charge in [-0.1, -0.05) is 12.1 Å². The van der Waals surface area contributed by atoms with E-state index in [-0.39, 0.29) is 5.56 Å². The standard InChI is InChI=1S/C11H11NO2/c1-8-3-4-9-5-6-11(13)12(14-2)10(9)7-8/h3-7H,1-2H3. The zero-order chi connectivity index (χ0) is 10.1. The Hall–Kier alpha value is -1.77. The third-order valence-corrected chi connectivity index (χ3v) is 2.19. The number of fused-ring (bicyclic) bond motifs is 1. The maximum atomic E-state index is 11.4. The fourth-order valence-electron chi connectivity index (χ4n) is 1.51. The first-order chi connectivity index (χ1) is 6.72. The Morgan fingerprint density at radius 1 is 1.21 bits per heavy atom. The van der Waals surface area contributed by atoms with Gasteiger partial charge in [-0.15, -0.1) is 4.73 Å². The van der Waals surface area contributed by atoms with E-state index >= 15 is 0 Å². The van der Waals surface area contributed by atoms with Gasteiger partial charge in [0.05, 0.1) is 5.52 Å². The Bertz CT molecular complexity index is 528. The molecule has 2 aromatic rings. The number of aromatic nitrogens is 1. The van der Waals surface area contributed by atoms with Crippen molar-refractivity contribution < 1.29 is 4.84 Å². The number of benzene rings is 1. The van der Waals surface area contributed by atoms with Gasteiger partial charge in [0.2, 0.25) is 0 Å². The molecule has 0 N–H and O–H groups in total. The second kappa shape index (κ2) is 3.18. The summed E-state index contributed by atoms with van der Waals surface area (Å²) in [6, 6.07) is 9.21. The summed E-state index contributed by atoms with van der Waals surface area (Å²) in [6.45, 7) is 1.98. The molecule has 1 heterocycles. The summed E-state index contributed by atoms with van der Waals surface area (Å²) < 4.78 is 1.29. The van der Waals surface area contributed by atoms with Crippen LogP contribution in [0.25, 0.3) is 10.9 Å². The summed E-state index contributed by atoms with van der Waals surface area (Å²) in [7, 11) is 1.49. The Labute approximate surface area is 81.5 Å². The van der Waals surface area contributed by atoms with Crippen molar-refractivity contribution in [2.45, 2.75) is 6.92 Å². The number of hydrogen-bond acceptors (Lipinski definition) is 2. The molecule has 0 amide bonds. The number of rotatable bonds is 1. The van der Waals surface area contributed by atoms with E-state index in [4.69, 9.17) is 4.84 Å². The van der Waals surface area contributed by atoms with Gasteiger partial charge in [0, 0.05) is 11.5 Å². The van der Waals surface area contributed by atoms with Crippen LogP contribution in [-0.4, -0.2) is 11.8 Å². The van der Waals surface area contributed by atoms with Crippen molar-refractivity contribution in [3.8, 4) is 0 Å². The molecule has 0 fully saturated rings. The van der Waals surface area contributed by atoms with Gasteiger partial charge in [0.25, 0.3) is 5.56 Å². The van der Waals surface area contributed by atoms with Gasteiger partial charge in [-0.3, -0.25) is 4.79 Å². The van der Waals surface area contributed by atoms with Crippen LogP contribution in [0.5, 0.6) is 0 Å². The van der Waals surface area contributed by atoms with Crippen molar-refractivity contribution in [2.75, 3.05) is 7.11 Å². The lowest BCUT2D eigenvalue weighted by molar-refractivity contribution is 0.169. The van der Waals surface area contributed by atoms with E-state index < -0.39 is 0 Å². The zero-order valence-corrected chi connectivity index (χ0v) is 8.15. The maximum absolute atomic E-state index is 11.4. The Morgan fingerprint density at radius 2 is 1.93 bits per heavy atom. The minimum atomic E-state index is -0.148. The molecule has 3 heteroatoms. The van der Waals surface area contributed by atoms with Crippen molar-refractivity contribution in [3.05, 3.63) is 46.2 Å². The molecule has 1 aromatic carbocycles. The summed E-state index contributed by atoms with van der Waals surface area (Å²) in [6.07, 6.45) is 0. The molecule has 3 nitrogen and oxygen atoms in total. The van der Waals surface area contributed by atoms with Gasteiger partial charge in [-0.2, -0.15) is 0 Å². The molecule has 14 heavy (non-hydrogen) atoms. The number of nitrogens with zero attached hydrogens (tertiary/aromatic N) is 1. The Morgan fingerprint density at radius 3 is 2.64 bits per heavy atom. The van der Waals surface area contributed by atoms with E-state index in [2.05, 4.69) is 0 Å². The van der Waals surface area contributed by atoms with Crippen molar-refractivity contribution in [2.24, 2.45) is 0 Å². The minimum absolute atomic E-state index is 0.148. The van der Waals surface area contributed by atoms with Crippen LogP contribution in [0.4, 0.5) is 0 Å². The van der Waals surface area contributed by atoms with Crippen LogP contribution >= 0.6 is 0 Å². The first-order valence-electron chi connectivity index (χ1n) is 4.39. The third-order valence-electron chi connectivity index (χ3n) is 2.19. The summed E-state index contributed by atoms with van der Waals surface area (Å²) in [5.74, 6) is 0. The predicted octanol–water partition coefficient (Wildman–Crippen LogP) is 1.37. The minimum Gasteiger partial charge on any atom is -0.413 e. The van der Waals surface area contributed by atoms with Crippen LogP contribution < -0.4 is 10.4 Å². The van der Waals surface area contributed by atoms with E-state index in [9.17, 15) is 4.79 Å². The highest BCUT2D eigenvalue weighted by Crippen LogP contribution is 2.12. The molecule has 2 rings (SSSR count). The highest BCUT2D eigenvalue weighted by Gasteiger charge is 2.01. The summed E-state index contributed by atoms with van der Waals surface area (Å²) >= 11 is 0. The van der Waals surface area contributed by atoms with Gasteiger partial charge in [0.1, 0.15) is 7.11 Å². The van der Waals surface area contributed by atoms with Crippen LogP contribution in [0.1, 0.15) is 5.56 Å². The second-order valence-corrected chi connectivity index (χ2v) is 3.21. The van der Waals surface area contributed by atoms with Crippen LogP contribution in [0, 0.1) is 6.92 Å². The second-order valence-electron chi connectivity index (χ2n) is 3.21. The smallest absolute Gasteiger partial charge is 0.283 e. The lowest BCUT2D eigenvalue weighted by Gasteiger charge is -2.07. The Balaban J connectivity index is 2.91. The molecule has 0 saturated heterocycles. The van der Waals surface area contributed by atoms with Gasteiger partial charge in [-0.05, 0) is 24.6 Å². The highest BCUT2D eigenvalue weighted by atomic mass is 16.6. The van der Waals surface area contributed by atoms with E-state index in [1.165, 1.54) is 17.9 Å². The molecule has 0 bridgehead atoms. The largest absolute Gasteiger partial charge is 0.413 e. The SMILES string of the molecule is COn1c(=O)ccc2ccc(C)cc21. The van der Waals surface area contributed by atoms with Crippen molar-refractivity contribution in [3.63, 3.8) is 0 Å². The van der Waals surface area contributed by atoms with Gasteiger partial charge in [0.15, 0.2) is 0 Å². The summed E-state index contributed by atoms with van der Waals surface area (Å²) in [5, 5.41) is 0.997. The quantitative estimate of drug-likeness (QED) is 0.678.